The predicted molar refractivity (Wildman–Crippen MR) is 260 cm³/mol. The average molecular weight is 960 g/mol. The number of carbonyl (C=O) groups excluding carboxylic acids is 5. The molecule has 3 fully saturated rings. The highest BCUT2D eigenvalue weighted by Crippen LogP contribution is 2.35. The molecular weight excluding hydrogens is 895 g/mol. The summed E-state index contributed by atoms with van der Waals surface area (Å²) in [6.07, 6.45) is 3.02. The topological polar surface area (TPSA) is 201 Å². The van der Waals surface area contributed by atoms with Crippen LogP contribution >= 0.6 is 0 Å². The van der Waals surface area contributed by atoms with E-state index in [4.69, 9.17) is 19.2 Å². The van der Waals surface area contributed by atoms with E-state index < -0.39 is 47.2 Å². The van der Waals surface area contributed by atoms with Crippen molar-refractivity contribution in [2.24, 2.45) is 17.3 Å². The van der Waals surface area contributed by atoms with Crippen LogP contribution in [0.5, 0.6) is 5.75 Å². The van der Waals surface area contributed by atoms with Gasteiger partial charge in [-0.05, 0) is 84.2 Å². The molecule has 4 atom stereocenters. The summed E-state index contributed by atoms with van der Waals surface area (Å²) in [7, 11) is 3.20. The molecule has 18 nitrogen and oxygen atoms in total. The number of carbonyl (C=O) groups is 5. The first-order valence-corrected chi connectivity index (χ1v) is 24.2. The number of amides is 4. The lowest BCUT2D eigenvalue weighted by molar-refractivity contribution is -0.155. The zero-order chi connectivity index (χ0) is 49.7. The third-order valence-corrected chi connectivity index (χ3v) is 13.5. The van der Waals surface area contributed by atoms with Crippen LogP contribution in [0.25, 0.3) is 33.5 Å². The van der Waals surface area contributed by atoms with Crippen LogP contribution in [0.3, 0.4) is 0 Å². The minimum Gasteiger partial charge on any atom is -0.508 e. The Morgan fingerprint density at radius 3 is 2.61 bits per heavy atom. The number of phenolic OH excluding ortho intramolecular Hbond substituents is 1. The van der Waals surface area contributed by atoms with Gasteiger partial charge in [-0.15, -0.1) is 0 Å². The number of benzene rings is 2. The Hall–Kier alpha value is -6.39. The number of rotatable bonds is 9. The van der Waals surface area contributed by atoms with E-state index in [1.165, 1.54) is 9.91 Å². The number of likely N-dealkylation sites (N-methyl/N-ethyl adjacent to an activating group) is 1. The Bertz CT molecular complexity index is 2670. The Morgan fingerprint density at radius 1 is 1.04 bits per heavy atom. The van der Waals surface area contributed by atoms with Crippen molar-refractivity contribution in [3.63, 3.8) is 0 Å². The molecule has 3 saturated heterocycles. The minimum absolute atomic E-state index is 0.0319. The molecule has 2 aromatic carbocycles. The van der Waals surface area contributed by atoms with Crippen LogP contribution in [-0.4, -0.2) is 160 Å². The lowest BCUT2D eigenvalue weighted by atomic mass is 9.94. The van der Waals surface area contributed by atoms with Crippen LogP contribution in [0.15, 0.2) is 54.7 Å². The fraction of sp³-hybridized carbons (Fsp3) is 0.519. The Balaban J connectivity index is 1.08. The molecule has 0 radical (unpaired) electrons. The van der Waals surface area contributed by atoms with Crippen molar-refractivity contribution in [3.05, 3.63) is 66.0 Å². The van der Waals surface area contributed by atoms with Crippen molar-refractivity contribution in [2.75, 3.05) is 73.2 Å². The van der Waals surface area contributed by atoms with Gasteiger partial charge in [-0.3, -0.25) is 38.9 Å². The van der Waals surface area contributed by atoms with Crippen LogP contribution in [0.2, 0.25) is 0 Å². The average Bonchev–Trinajstić information content (AvgIpc) is 3.98. The number of imidazole rings is 1. The summed E-state index contributed by atoms with van der Waals surface area (Å²) in [5.41, 5.74) is 7.55. The number of fused-ring (bicyclic) bond motifs is 6. The molecule has 4 amide bonds. The SMILES string of the molecule is COCc1ncccc1-c1nc2ccc3cc2n1CC(C)(C)COC(=O)[C@@H]1CCCN(N1)C(=O)[C@@H](NC(=O)[C@H](C(C)C)N(C)C(=O)[C@H]1CCN(C(=O)C#CCN2CCOCC2)C1)Cc1cc(O)cc-3c1. The Labute approximate surface area is 409 Å². The van der Waals surface area contributed by atoms with Crippen LogP contribution in [-0.2, 0) is 57.8 Å². The van der Waals surface area contributed by atoms with Crippen molar-refractivity contribution in [1.82, 2.24) is 45.0 Å². The zero-order valence-corrected chi connectivity index (χ0v) is 41.0. The molecule has 4 aliphatic heterocycles. The maximum absolute atomic E-state index is 14.7. The van der Waals surface area contributed by atoms with E-state index in [1.807, 2.05) is 64.1 Å². The van der Waals surface area contributed by atoms with Crippen LogP contribution < -0.4 is 10.7 Å². The standard InChI is InChI=1S/C52H65N9O9/c1-33(2)46(57(5)49(65)36-15-19-59(29-36)45(63)12-9-17-58-20-22-69-23-21-58)48(64)55-42-26-34-24-37(27-38(62)25-34)35-13-14-40-44(28-35)60(47(54-40)39-10-7-16-53-43(39)30-68-6)31-52(3,4)32-70-51(67)41-11-8-18-61(56-41)50(42)66/h7,10,13-14,16,24-25,27-28,33,36,41-42,46,56,62H,8,11,15,17-23,26,29-32H2,1-6H3,(H,55,64)/t36-,41-,42-,46-/m0/s1. The second kappa shape index (κ2) is 21.7. The first-order valence-electron chi connectivity index (χ1n) is 24.2. The van der Waals surface area contributed by atoms with E-state index in [1.54, 1.807) is 37.4 Å². The summed E-state index contributed by atoms with van der Waals surface area (Å²) in [6, 6.07) is 11.8. The second-order valence-corrected chi connectivity index (χ2v) is 20.0. The first kappa shape index (κ1) is 50.0. The van der Waals surface area contributed by atoms with Crippen LogP contribution in [0, 0.1) is 29.1 Å². The molecule has 4 aliphatic rings. The summed E-state index contributed by atoms with van der Waals surface area (Å²) in [4.78, 5) is 85.3. The highest BCUT2D eigenvalue weighted by molar-refractivity contribution is 5.96. The van der Waals surface area contributed by atoms with Gasteiger partial charge in [-0.25, -0.2) is 10.4 Å². The fourth-order valence-corrected chi connectivity index (χ4v) is 9.92. The molecule has 70 heavy (non-hydrogen) atoms. The number of aromatic hydroxyl groups is 1. The molecule has 0 saturated carbocycles. The predicted octanol–water partition coefficient (Wildman–Crippen LogP) is 3.39. The van der Waals surface area contributed by atoms with Gasteiger partial charge in [0, 0.05) is 77.0 Å². The van der Waals surface area contributed by atoms with Gasteiger partial charge in [0.15, 0.2) is 0 Å². The number of phenols is 1. The first-order chi connectivity index (χ1) is 33.6. The number of morpholine rings is 1. The smallest absolute Gasteiger partial charge is 0.324 e. The quantitative estimate of drug-likeness (QED) is 0.163. The van der Waals surface area contributed by atoms with Gasteiger partial charge in [0.05, 0.1) is 55.6 Å². The zero-order valence-electron chi connectivity index (χ0n) is 41.0. The molecule has 2 aromatic heterocycles. The molecule has 8 rings (SSSR count). The van der Waals surface area contributed by atoms with E-state index in [0.717, 1.165) is 40.9 Å². The van der Waals surface area contributed by atoms with Gasteiger partial charge in [0.1, 0.15) is 29.7 Å². The summed E-state index contributed by atoms with van der Waals surface area (Å²) in [6.45, 7) is 12.5. The van der Waals surface area contributed by atoms with Crippen molar-refractivity contribution < 1.29 is 43.3 Å². The normalized spacial score (nSPS) is 21.4. The number of aromatic nitrogens is 3. The number of pyridine rings is 1. The third-order valence-electron chi connectivity index (χ3n) is 13.5. The number of hydrazine groups is 1. The molecular formula is C52H65N9O9. The van der Waals surface area contributed by atoms with Gasteiger partial charge >= 0.3 is 5.97 Å². The summed E-state index contributed by atoms with van der Waals surface area (Å²) in [5.74, 6) is 3.25. The molecule has 6 heterocycles. The lowest BCUT2D eigenvalue weighted by Crippen LogP contribution is -2.62. The number of cyclic esters (lactones) is 1. The van der Waals surface area contributed by atoms with Gasteiger partial charge in [-0.1, -0.05) is 45.7 Å². The number of methoxy groups -OCH3 is 1. The van der Waals surface area contributed by atoms with Crippen LogP contribution in [0.4, 0.5) is 0 Å². The number of nitrogens with zero attached hydrogens (tertiary/aromatic N) is 7. The number of esters is 1. The Kier molecular flexibility index (Phi) is 15.5. The maximum atomic E-state index is 14.7. The largest absolute Gasteiger partial charge is 0.508 e. The number of ether oxygens (including phenoxy) is 3. The van der Waals surface area contributed by atoms with E-state index >= 15 is 0 Å². The summed E-state index contributed by atoms with van der Waals surface area (Å²) in [5, 5.41) is 15.6. The van der Waals surface area contributed by atoms with Gasteiger partial charge < -0.3 is 39.0 Å². The maximum Gasteiger partial charge on any atom is 0.324 e. The van der Waals surface area contributed by atoms with Crippen LogP contribution in [0.1, 0.15) is 58.2 Å². The van der Waals surface area contributed by atoms with Gasteiger partial charge in [0.2, 0.25) is 11.8 Å². The molecule has 0 spiro atoms. The van der Waals surface area contributed by atoms with E-state index in [-0.39, 0.29) is 56.2 Å². The van der Waals surface area contributed by atoms with Crippen molar-refractivity contribution in [3.8, 4) is 40.1 Å². The lowest BCUT2D eigenvalue weighted by Gasteiger charge is -2.37. The second-order valence-electron chi connectivity index (χ2n) is 20.0. The highest BCUT2D eigenvalue weighted by atomic mass is 16.5. The van der Waals surface area contributed by atoms with E-state index in [9.17, 15) is 29.1 Å². The van der Waals surface area contributed by atoms with E-state index in [0.29, 0.717) is 69.1 Å². The van der Waals surface area contributed by atoms with Crippen molar-refractivity contribution in [1.29, 1.82) is 0 Å². The third kappa shape index (κ3) is 11.4. The molecule has 6 bridgehead atoms. The van der Waals surface area contributed by atoms with Gasteiger partial charge in [0.25, 0.3) is 11.8 Å². The highest BCUT2D eigenvalue weighted by Gasteiger charge is 2.40. The molecule has 372 valence electrons. The van der Waals surface area contributed by atoms with Crippen molar-refractivity contribution >= 4 is 40.6 Å². The minimum atomic E-state index is -1.19. The molecule has 0 aliphatic carbocycles. The summed E-state index contributed by atoms with van der Waals surface area (Å²) >= 11 is 0. The monoisotopic (exact) mass is 959 g/mol. The van der Waals surface area contributed by atoms with Crippen molar-refractivity contribution in [2.45, 2.75) is 84.7 Å². The number of nitrogens with one attached hydrogen (secondary N) is 2. The van der Waals surface area contributed by atoms with Gasteiger partial charge in [-0.2, -0.15) is 0 Å². The fourth-order valence-electron chi connectivity index (χ4n) is 9.92. The van der Waals surface area contributed by atoms with E-state index in [2.05, 4.69) is 37.0 Å². The molecule has 4 aromatic rings. The Morgan fingerprint density at radius 2 is 1.84 bits per heavy atom. The molecule has 0 unspecified atom stereocenters. The number of hydrogen-bond donors (Lipinski definition) is 3. The molecule has 3 N–H and O–H groups in total. The number of hydrogen-bond acceptors (Lipinski definition) is 13. The molecule has 18 heteroatoms. The number of likely N-dealkylation sites (tertiary alicyclic amines) is 1. The summed E-state index contributed by atoms with van der Waals surface area (Å²) < 4.78 is 19.0.